The molecule has 9 nitrogen and oxygen atoms in total. The standard InChI is InChI=1S/C30H36BrN3O6S/c1-5-17-32-30(36)27(18-22-9-7-6-8-10-22)33(20-23-11-13-24(31)14-12-23)29(35)21-34(41(4,37)38)26-19-25(39-2)15-16-28(26)40-3/h6-16,19,27H,5,17-18,20-21H2,1-4H3,(H,32,36)/t27-/m1/s1. The predicted octanol–water partition coefficient (Wildman–Crippen LogP) is 4.40. The van der Waals surface area contributed by atoms with Crippen LogP contribution in [0.5, 0.6) is 11.5 Å². The summed E-state index contributed by atoms with van der Waals surface area (Å²) in [5.41, 5.74) is 1.81. The molecular weight excluding hydrogens is 610 g/mol. The van der Waals surface area contributed by atoms with E-state index >= 15 is 0 Å². The molecule has 0 saturated carbocycles. The van der Waals surface area contributed by atoms with E-state index in [0.717, 1.165) is 32.6 Å². The summed E-state index contributed by atoms with van der Waals surface area (Å²) in [5.74, 6) is -0.207. The van der Waals surface area contributed by atoms with E-state index in [2.05, 4.69) is 21.2 Å². The second-order valence-electron chi connectivity index (χ2n) is 9.45. The third-order valence-electron chi connectivity index (χ3n) is 6.42. The van der Waals surface area contributed by atoms with Crippen LogP contribution in [0.3, 0.4) is 0 Å². The van der Waals surface area contributed by atoms with Crippen molar-refractivity contribution in [2.75, 3.05) is 37.9 Å². The van der Waals surface area contributed by atoms with Gasteiger partial charge in [0.05, 0.1) is 26.2 Å². The Kier molecular flexibility index (Phi) is 11.6. The zero-order valence-electron chi connectivity index (χ0n) is 23.7. The first-order valence-electron chi connectivity index (χ1n) is 13.1. The van der Waals surface area contributed by atoms with Crippen LogP contribution in [0.1, 0.15) is 24.5 Å². The Balaban J connectivity index is 2.09. The normalized spacial score (nSPS) is 11.8. The van der Waals surface area contributed by atoms with Crippen molar-refractivity contribution in [3.63, 3.8) is 0 Å². The van der Waals surface area contributed by atoms with Gasteiger partial charge in [-0.3, -0.25) is 13.9 Å². The highest BCUT2D eigenvalue weighted by molar-refractivity contribution is 9.10. The van der Waals surface area contributed by atoms with Crippen LogP contribution >= 0.6 is 15.9 Å². The summed E-state index contributed by atoms with van der Waals surface area (Å²) >= 11 is 3.43. The number of sulfonamides is 1. The second-order valence-corrected chi connectivity index (χ2v) is 12.3. The summed E-state index contributed by atoms with van der Waals surface area (Å²) in [4.78, 5) is 29.2. The Morgan fingerprint density at radius 3 is 2.22 bits per heavy atom. The maximum atomic E-state index is 14.2. The highest BCUT2D eigenvalue weighted by Gasteiger charge is 2.33. The van der Waals surface area contributed by atoms with Gasteiger partial charge in [0.25, 0.3) is 0 Å². The first-order chi connectivity index (χ1) is 19.6. The second kappa shape index (κ2) is 14.9. The molecule has 220 valence electrons. The van der Waals surface area contributed by atoms with Crippen molar-refractivity contribution >= 4 is 43.5 Å². The first-order valence-corrected chi connectivity index (χ1v) is 15.8. The molecule has 3 aromatic rings. The summed E-state index contributed by atoms with van der Waals surface area (Å²) in [6.45, 7) is 1.94. The monoisotopic (exact) mass is 645 g/mol. The third kappa shape index (κ3) is 8.96. The fourth-order valence-corrected chi connectivity index (χ4v) is 5.40. The number of hydrogen-bond donors (Lipinski definition) is 1. The summed E-state index contributed by atoms with van der Waals surface area (Å²) in [6, 6.07) is 20.7. The fraction of sp³-hybridized carbons (Fsp3) is 0.333. The number of methoxy groups -OCH3 is 2. The van der Waals surface area contributed by atoms with Crippen molar-refractivity contribution in [3.05, 3.63) is 88.4 Å². The molecule has 1 N–H and O–H groups in total. The number of halogens is 1. The summed E-state index contributed by atoms with van der Waals surface area (Å²) < 4.78 is 38.7. The van der Waals surface area contributed by atoms with E-state index in [1.54, 1.807) is 12.1 Å². The Bertz CT molecular complexity index is 1420. The minimum Gasteiger partial charge on any atom is -0.497 e. The van der Waals surface area contributed by atoms with Gasteiger partial charge in [-0.1, -0.05) is 65.3 Å². The van der Waals surface area contributed by atoms with Gasteiger partial charge < -0.3 is 19.7 Å². The number of ether oxygens (including phenoxy) is 2. The highest BCUT2D eigenvalue weighted by Crippen LogP contribution is 2.34. The van der Waals surface area contributed by atoms with Crippen molar-refractivity contribution < 1.29 is 27.5 Å². The van der Waals surface area contributed by atoms with Crippen LogP contribution in [0.2, 0.25) is 0 Å². The molecule has 0 aliphatic heterocycles. The average molecular weight is 647 g/mol. The molecule has 0 fully saturated rings. The lowest BCUT2D eigenvalue weighted by Crippen LogP contribution is -2.53. The largest absolute Gasteiger partial charge is 0.497 e. The van der Waals surface area contributed by atoms with E-state index in [1.807, 2.05) is 61.5 Å². The Morgan fingerprint density at radius 2 is 1.63 bits per heavy atom. The zero-order valence-corrected chi connectivity index (χ0v) is 26.1. The third-order valence-corrected chi connectivity index (χ3v) is 8.08. The number of hydrogen-bond acceptors (Lipinski definition) is 6. The number of anilines is 1. The minimum atomic E-state index is -3.96. The Morgan fingerprint density at radius 1 is 0.951 bits per heavy atom. The van der Waals surface area contributed by atoms with Crippen molar-refractivity contribution in [2.24, 2.45) is 0 Å². The van der Waals surface area contributed by atoms with Crippen molar-refractivity contribution in [2.45, 2.75) is 32.4 Å². The van der Waals surface area contributed by atoms with Gasteiger partial charge in [0.2, 0.25) is 21.8 Å². The van der Waals surface area contributed by atoms with E-state index in [4.69, 9.17) is 9.47 Å². The quantitative estimate of drug-likeness (QED) is 0.279. The molecule has 0 radical (unpaired) electrons. The molecule has 11 heteroatoms. The van der Waals surface area contributed by atoms with Gasteiger partial charge in [0.1, 0.15) is 24.1 Å². The van der Waals surface area contributed by atoms with Gasteiger partial charge >= 0.3 is 0 Å². The summed E-state index contributed by atoms with van der Waals surface area (Å²) in [7, 11) is -1.08. The lowest BCUT2D eigenvalue weighted by molar-refractivity contribution is -0.140. The molecule has 3 rings (SSSR count). The molecule has 0 aliphatic carbocycles. The van der Waals surface area contributed by atoms with Crippen LogP contribution in [-0.2, 0) is 32.6 Å². The summed E-state index contributed by atoms with van der Waals surface area (Å²) in [5, 5.41) is 2.92. The van der Waals surface area contributed by atoms with Crippen molar-refractivity contribution in [1.82, 2.24) is 10.2 Å². The molecule has 0 bridgehead atoms. The van der Waals surface area contributed by atoms with Gasteiger partial charge in [-0.15, -0.1) is 0 Å². The van der Waals surface area contributed by atoms with Crippen LogP contribution in [-0.4, -0.2) is 64.7 Å². The lowest BCUT2D eigenvalue weighted by atomic mass is 10.0. The van der Waals surface area contributed by atoms with Crippen LogP contribution < -0.4 is 19.1 Å². The molecule has 0 heterocycles. The lowest BCUT2D eigenvalue weighted by Gasteiger charge is -2.33. The minimum absolute atomic E-state index is 0.0933. The number of amides is 2. The molecule has 0 saturated heterocycles. The Labute approximate surface area is 250 Å². The zero-order chi connectivity index (χ0) is 30.0. The first kappa shape index (κ1) is 32.0. The SMILES string of the molecule is CCCNC(=O)[C@@H](Cc1ccccc1)N(Cc1ccc(Br)cc1)C(=O)CN(c1cc(OC)ccc1OC)S(C)(=O)=O. The highest BCUT2D eigenvalue weighted by atomic mass is 79.9. The van der Waals surface area contributed by atoms with E-state index in [1.165, 1.54) is 25.2 Å². The van der Waals surface area contributed by atoms with Crippen LogP contribution in [0.4, 0.5) is 5.69 Å². The number of carbonyl (C=O) groups is 2. The van der Waals surface area contributed by atoms with Crippen LogP contribution in [0.15, 0.2) is 77.3 Å². The van der Waals surface area contributed by atoms with Crippen LogP contribution in [0, 0.1) is 0 Å². The molecular formula is C30H36BrN3O6S. The molecule has 2 amide bonds. The predicted molar refractivity (Wildman–Crippen MR) is 164 cm³/mol. The summed E-state index contributed by atoms with van der Waals surface area (Å²) in [6.07, 6.45) is 2.00. The molecule has 0 unspecified atom stereocenters. The molecule has 0 aliphatic rings. The van der Waals surface area contributed by atoms with Gasteiger partial charge in [-0.05, 0) is 41.8 Å². The number of rotatable bonds is 14. The number of benzene rings is 3. The molecule has 0 aromatic heterocycles. The van der Waals surface area contributed by atoms with E-state index in [9.17, 15) is 18.0 Å². The van der Waals surface area contributed by atoms with E-state index in [-0.39, 0.29) is 30.3 Å². The Hall–Kier alpha value is -3.57. The van der Waals surface area contributed by atoms with Gasteiger partial charge in [-0.25, -0.2) is 8.42 Å². The topological polar surface area (TPSA) is 105 Å². The van der Waals surface area contributed by atoms with Crippen molar-refractivity contribution in [1.29, 1.82) is 0 Å². The van der Waals surface area contributed by atoms with E-state index < -0.39 is 28.5 Å². The molecule has 3 aromatic carbocycles. The maximum absolute atomic E-state index is 14.2. The van der Waals surface area contributed by atoms with Gasteiger partial charge in [0, 0.05) is 30.0 Å². The maximum Gasteiger partial charge on any atom is 0.244 e. The number of nitrogens with zero attached hydrogens (tertiary/aromatic N) is 2. The van der Waals surface area contributed by atoms with Crippen LogP contribution in [0.25, 0.3) is 0 Å². The molecule has 0 spiro atoms. The van der Waals surface area contributed by atoms with Gasteiger partial charge in [0.15, 0.2) is 0 Å². The fourth-order valence-electron chi connectivity index (χ4n) is 4.29. The molecule has 41 heavy (non-hydrogen) atoms. The van der Waals surface area contributed by atoms with E-state index in [0.29, 0.717) is 12.3 Å². The van der Waals surface area contributed by atoms with Crippen molar-refractivity contribution in [3.8, 4) is 11.5 Å². The van der Waals surface area contributed by atoms with Gasteiger partial charge in [-0.2, -0.15) is 0 Å². The number of carbonyl (C=O) groups excluding carboxylic acids is 2. The molecule has 1 atom stereocenters. The average Bonchev–Trinajstić information content (AvgIpc) is 2.96. The smallest absolute Gasteiger partial charge is 0.244 e. The number of nitrogens with one attached hydrogen (secondary N) is 1.